The average Bonchev–Trinajstić information content (AvgIpc) is 3.32. The highest BCUT2D eigenvalue weighted by molar-refractivity contribution is 6.69. The predicted molar refractivity (Wildman–Crippen MR) is 126 cm³/mol. The van der Waals surface area contributed by atoms with Gasteiger partial charge in [-0.25, -0.2) is 0 Å². The number of carbonyl (C=O) groups excluding carboxylic acids is 2. The molecule has 0 aromatic heterocycles. The fourth-order valence-corrected chi connectivity index (χ4v) is 9.96. The monoisotopic (exact) mass is 503 g/mol. The van der Waals surface area contributed by atoms with Crippen LogP contribution in [0, 0.1) is 17.3 Å². The van der Waals surface area contributed by atoms with E-state index in [2.05, 4.69) is 26.6 Å². The van der Waals surface area contributed by atoms with E-state index in [1.165, 1.54) is 5.57 Å². The Morgan fingerprint density at radius 1 is 1.17 bits per heavy atom. The third-order valence-corrected chi connectivity index (χ3v) is 11.2. The van der Waals surface area contributed by atoms with Gasteiger partial charge in [-0.15, -0.1) is 0 Å². The summed E-state index contributed by atoms with van der Waals surface area (Å²) >= 11 is 0. The number of carbonyl (C=O) groups is 2. The van der Waals surface area contributed by atoms with Gasteiger partial charge in [-0.3, -0.25) is 14.5 Å². The molecule has 1 amide bonds. The first kappa shape index (κ1) is 23.0. The van der Waals surface area contributed by atoms with Gasteiger partial charge in [0.15, 0.2) is 19.9 Å². The lowest BCUT2D eigenvalue weighted by Gasteiger charge is -2.66. The fourth-order valence-electron chi connectivity index (χ4n) is 8.85. The summed E-state index contributed by atoms with van der Waals surface area (Å²) in [6.07, 6.45) is 5.29. The number of amides is 1. The van der Waals surface area contributed by atoms with Crippen LogP contribution in [0.3, 0.4) is 0 Å². The number of rotatable bonds is 3. The first-order valence-electron chi connectivity index (χ1n) is 13.4. The summed E-state index contributed by atoms with van der Waals surface area (Å²) < 4.78 is 32.1. The van der Waals surface area contributed by atoms with Crippen molar-refractivity contribution in [2.24, 2.45) is 17.3 Å². The second kappa shape index (κ2) is 7.26. The van der Waals surface area contributed by atoms with E-state index < -0.39 is 20.5 Å². The van der Waals surface area contributed by atoms with E-state index in [-0.39, 0.29) is 41.0 Å². The third kappa shape index (κ3) is 2.97. The molecule has 0 radical (unpaired) electrons. The Balaban J connectivity index is 1.26. The second-order valence-corrected chi connectivity index (χ2v) is 17.4. The second-order valence-electron chi connectivity index (χ2n) is 13.0. The molecule has 8 aliphatic rings. The predicted octanol–water partition coefficient (Wildman–Crippen LogP) is 3.12. The molecule has 4 aliphatic carbocycles. The van der Waals surface area contributed by atoms with Gasteiger partial charge in [0.1, 0.15) is 0 Å². The molecule has 2 saturated carbocycles. The van der Waals surface area contributed by atoms with E-state index in [1.807, 2.05) is 0 Å². The molecule has 1 unspecified atom stereocenters. The maximum absolute atomic E-state index is 13.8. The van der Waals surface area contributed by atoms with Crippen molar-refractivity contribution in [3.8, 4) is 0 Å². The molecule has 192 valence electrons. The summed E-state index contributed by atoms with van der Waals surface area (Å²) in [7, 11) is -1.90. The summed E-state index contributed by atoms with van der Waals surface area (Å²) in [5.74, 6) is -0.0377. The van der Waals surface area contributed by atoms with Gasteiger partial charge >= 0.3 is 0 Å². The normalized spacial score (nSPS) is 47.7. The quantitative estimate of drug-likeness (QED) is 0.432. The molecular weight excluding hydrogens is 466 g/mol. The largest absolute Gasteiger partial charge is 0.410 e. The molecule has 4 saturated heterocycles. The van der Waals surface area contributed by atoms with Crippen molar-refractivity contribution in [2.75, 3.05) is 13.2 Å². The lowest BCUT2D eigenvalue weighted by molar-refractivity contribution is -0.423. The van der Waals surface area contributed by atoms with Crippen molar-refractivity contribution in [3.63, 3.8) is 0 Å². The minimum absolute atomic E-state index is 0.0425. The highest BCUT2D eigenvalue weighted by Gasteiger charge is 2.69. The van der Waals surface area contributed by atoms with Crippen LogP contribution in [0.25, 0.3) is 0 Å². The molecule has 9 heteroatoms. The number of Topliss-reactive ketones (excluding diaryl/α,β-unsaturated/α-hetero) is 1. The number of nitrogens with zero attached hydrogens (tertiary/aromatic N) is 1. The van der Waals surface area contributed by atoms with Gasteiger partial charge in [-0.1, -0.05) is 12.5 Å². The van der Waals surface area contributed by atoms with Crippen molar-refractivity contribution >= 4 is 20.5 Å². The van der Waals surface area contributed by atoms with Crippen LogP contribution in [-0.2, 0) is 33.0 Å². The van der Waals surface area contributed by atoms with Crippen LogP contribution >= 0.6 is 0 Å². The molecule has 0 aromatic carbocycles. The van der Waals surface area contributed by atoms with Gasteiger partial charge in [-0.05, 0) is 56.8 Å². The van der Waals surface area contributed by atoms with Gasteiger partial charge in [0.25, 0.3) is 0 Å². The van der Waals surface area contributed by atoms with Crippen LogP contribution in [0.2, 0.25) is 19.6 Å². The van der Waals surface area contributed by atoms with Crippen LogP contribution in [0.4, 0.5) is 0 Å². The molecule has 4 bridgehead atoms. The standard InChI is InChI=1S/C26H37NO7Si/c1-24-13-20(29)16-11-18-21-22(34-35(2,3)4)19-12-25(18,33-23(32-21)27(19)14-28)7-5-15(16)17(24)6-8-26(24)30-9-10-31-26/h14,17-19,21-23H,5-13H2,1-4H3/t17-,18+,19-,21+,22+,23?,24-,25+/m0/s1. The summed E-state index contributed by atoms with van der Waals surface area (Å²) in [6.45, 7) is 9.96. The maximum atomic E-state index is 13.8. The molecule has 0 aromatic rings. The summed E-state index contributed by atoms with van der Waals surface area (Å²) in [6, 6.07) is -0.0425. The Kier molecular flexibility index (Phi) is 4.78. The van der Waals surface area contributed by atoms with E-state index in [0.29, 0.717) is 32.0 Å². The first-order valence-corrected chi connectivity index (χ1v) is 16.8. The van der Waals surface area contributed by atoms with E-state index in [4.69, 9.17) is 23.4 Å². The van der Waals surface area contributed by atoms with Gasteiger partial charge < -0.3 is 23.4 Å². The van der Waals surface area contributed by atoms with Crippen LogP contribution in [0.1, 0.15) is 51.9 Å². The fraction of sp³-hybridized carbons (Fsp3) is 0.846. The zero-order chi connectivity index (χ0) is 24.4. The lowest BCUT2D eigenvalue weighted by atomic mass is 9.62. The van der Waals surface area contributed by atoms with Crippen molar-refractivity contribution in [1.29, 1.82) is 0 Å². The van der Waals surface area contributed by atoms with Crippen molar-refractivity contribution in [2.45, 2.75) is 108 Å². The Morgan fingerprint density at radius 2 is 1.94 bits per heavy atom. The van der Waals surface area contributed by atoms with E-state index in [1.54, 1.807) is 4.90 Å². The van der Waals surface area contributed by atoms with Crippen LogP contribution in [-0.4, -0.2) is 74.7 Å². The van der Waals surface area contributed by atoms with Gasteiger partial charge in [-0.2, -0.15) is 0 Å². The lowest BCUT2D eigenvalue weighted by Crippen LogP contribution is -2.78. The zero-order valence-electron chi connectivity index (χ0n) is 21.2. The zero-order valence-corrected chi connectivity index (χ0v) is 22.2. The van der Waals surface area contributed by atoms with E-state index in [0.717, 1.165) is 44.1 Å². The number of ether oxygens (including phenoxy) is 4. The van der Waals surface area contributed by atoms with Crippen LogP contribution in [0.5, 0.6) is 0 Å². The summed E-state index contributed by atoms with van der Waals surface area (Å²) in [4.78, 5) is 27.5. The number of fused-ring (bicyclic) bond motifs is 3. The average molecular weight is 504 g/mol. The minimum Gasteiger partial charge on any atom is -0.410 e. The Morgan fingerprint density at radius 3 is 2.66 bits per heavy atom. The number of ketones is 1. The van der Waals surface area contributed by atoms with Gasteiger partial charge in [0.2, 0.25) is 12.8 Å². The van der Waals surface area contributed by atoms with Gasteiger partial charge in [0, 0.05) is 30.6 Å². The number of hydrogen-bond donors (Lipinski definition) is 0. The first-order chi connectivity index (χ1) is 16.6. The molecule has 4 heterocycles. The molecule has 2 spiro atoms. The molecule has 8 atom stereocenters. The Labute approximate surface area is 207 Å². The molecule has 8 nitrogen and oxygen atoms in total. The smallest absolute Gasteiger partial charge is 0.243 e. The molecule has 8 rings (SSSR count). The highest BCUT2D eigenvalue weighted by Crippen LogP contribution is 2.65. The number of hydrogen-bond acceptors (Lipinski definition) is 7. The Hall–Kier alpha value is -1.10. The SMILES string of the molecule is C[C@]12CC(=O)C3=C(CC[C@]45C[C@H]6[C@@H](O[Si](C)(C)C)[C@H](OC(O4)N6C=O)[C@H]5C3)[C@@H]1CCC21OCCO1. The molecule has 6 fully saturated rings. The van der Waals surface area contributed by atoms with E-state index in [9.17, 15) is 9.59 Å². The number of allylic oxidation sites excluding steroid dienone is 2. The minimum atomic E-state index is -1.90. The van der Waals surface area contributed by atoms with Crippen LogP contribution < -0.4 is 0 Å². The molecule has 0 N–H and O–H groups in total. The molecular formula is C26H37NO7Si. The summed E-state index contributed by atoms with van der Waals surface area (Å²) in [5, 5.41) is 0. The maximum Gasteiger partial charge on any atom is 0.243 e. The molecule has 35 heavy (non-hydrogen) atoms. The third-order valence-electron chi connectivity index (χ3n) is 10.2. The highest BCUT2D eigenvalue weighted by atomic mass is 28.4. The topological polar surface area (TPSA) is 83.5 Å². The van der Waals surface area contributed by atoms with Crippen LogP contribution in [0.15, 0.2) is 11.1 Å². The van der Waals surface area contributed by atoms with E-state index >= 15 is 0 Å². The Bertz CT molecular complexity index is 1000. The van der Waals surface area contributed by atoms with Crippen molar-refractivity contribution in [1.82, 2.24) is 4.90 Å². The van der Waals surface area contributed by atoms with Gasteiger partial charge in [0.05, 0.1) is 37.1 Å². The van der Waals surface area contributed by atoms with Crippen molar-refractivity contribution in [3.05, 3.63) is 11.1 Å². The molecule has 4 aliphatic heterocycles. The van der Waals surface area contributed by atoms with Crippen molar-refractivity contribution < 1.29 is 33.0 Å². The summed E-state index contributed by atoms with van der Waals surface area (Å²) in [5.41, 5.74) is 1.60.